The van der Waals surface area contributed by atoms with Gasteiger partial charge in [0.15, 0.2) is 11.4 Å². The zero-order valence-corrected chi connectivity index (χ0v) is 24.9. The molecule has 0 bridgehead atoms. The summed E-state index contributed by atoms with van der Waals surface area (Å²) in [6.45, 7) is 9.14. The number of nitrogens with zero attached hydrogens (tertiary/aromatic N) is 3. The van der Waals surface area contributed by atoms with E-state index in [1.165, 1.54) is 53.0 Å². The Balaban J connectivity index is 0.000000201. The molecule has 1 aliphatic rings. The van der Waals surface area contributed by atoms with Crippen molar-refractivity contribution in [1.82, 2.24) is 19.9 Å². The Hall–Kier alpha value is -4.15. The first-order valence-electron chi connectivity index (χ1n) is 13.4. The molecule has 2 aromatic carbocycles. The third-order valence-electron chi connectivity index (χ3n) is 6.75. The molecular weight excluding hydrogens is 561 g/mol. The fourth-order valence-electron chi connectivity index (χ4n) is 4.64. The third kappa shape index (κ3) is 7.00. The summed E-state index contributed by atoms with van der Waals surface area (Å²) >= 11 is 5.72. The number of Topliss-reactive ketones (excluding diaryl/α,β-unsaturated/α-hetero) is 1. The molecule has 1 amide bonds. The molecule has 5 rings (SSSR count). The fraction of sp³-hybridized carbons (Fsp3) is 0.323. The number of ether oxygens (including phenoxy) is 1. The van der Waals surface area contributed by atoms with Gasteiger partial charge in [0.2, 0.25) is 0 Å². The van der Waals surface area contributed by atoms with Crippen LogP contribution in [0.1, 0.15) is 93.7 Å². The van der Waals surface area contributed by atoms with E-state index in [0.29, 0.717) is 16.8 Å². The number of hydrogen-bond donors (Lipinski definition) is 2. The average Bonchev–Trinajstić information content (AvgIpc) is 3.55. The van der Waals surface area contributed by atoms with Crippen molar-refractivity contribution in [1.29, 1.82) is 0 Å². The number of esters is 1. The number of carbonyl (C=O) groups is 3. The number of aromatic nitrogens is 3. The van der Waals surface area contributed by atoms with E-state index in [4.69, 9.17) is 22.1 Å². The normalized spacial score (nSPS) is 14.1. The first kappa shape index (κ1) is 30.8. The van der Waals surface area contributed by atoms with Crippen LogP contribution in [0.5, 0.6) is 0 Å². The minimum Gasteiger partial charge on any atom is -0.456 e. The standard InChI is InChI=1S/C16H12ClFN4O2.C15H21NO2/c1-9(23)13-7-14(22-15(21-13)4-5-20-22)16(24)19-8-10-2-3-12(18)11(17)6-10;1-9-10-7-8-13(16)12(10)6-5-11(9)14(17)18-15(2,3)4/h2-7H,8H2,1H3,(H,19,24);5-6,13H,7-8,16H2,1-4H3/t;13-/m.0/s1. The minimum atomic E-state index is -0.523. The molecule has 0 spiro atoms. The summed E-state index contributed by atoms with van der Waals surface area (Å²) in [4.78, 5) is 40.2. The summed E-state index contributed by atoms with van der Waals surface area (Å²) in [6.07, 6.45) is 3.41. The number of fused-ring (bicyclic) bond motifs is 2. The molecule has 220 valence electrons. The van der Waals surface area contributed by atoms with E-state index in [2.05, 4.69) is 15.4 Å². The van der Waals surface area contributed by atoms with Gasteiger partial charge >= 0.3 is 5.97 Å². The molecule has 9 nitrogen and oxygen atoms in total. The molecule has 0 aliphatic heterocycles. The molecule has 0 saturated heterocycles. The van der Waals surface area contributed by atoms with Crippen molar-refractivity contribution in [2.24, 2.45) is 5.73 Å². The molecule has 2 heterocycles. The molecule has 1 aliphatic carbocycles. The Morgan fingerprint density at radius 3 is 2.57 bits per heavy atom. The maximum absolute atomic E-state index is 13.2. The van der Waals surface area contributed by atoms with Crippen LogP contribution in [0.3, 0.4) is 0 Å². The highest BCUT2D eigenvalue weighted by molar-refractivity contribution is 6.30. The Bertz CT molecular complexity index is 1680. The summed E-state index contributed by atoms with van der Waals surface area (Å²) in [6, 6.07) is 11.1. The maximum Gasteiger partial charge on any atom is 0.338 e. The van der Waals surface area contributed by atoms with Crippen molar-refractivity contribution in [3.63, 3.8) is 0 Å². The first-order valence-corrected chi connectivity index (χ1v) is 13.8. The summed E-state index contributed by atoms with van der Waals surface area (Å²) in [5.74, 6) is -1.46. The molecule has 0 fully saturated rings. The monoisotopic (exact) mass is 593 g/mol. The lowest BCUT2D eigenvalue weighted by atomic mass is 9.98. The van der Waals surface area contributed by atoms with Gasteiger partial charge in [0, 0.05) is 25.6 Å². The fourth-order valence-corrected chi connectivity index (χ4v) is 4.85. The van der Waals surface area contributed by atoms with Gasteiger partial charge in [-0.2, -0.15) is 5.10 Å². The van der Waals surface area contributed by atoms with Crippen LogP contribution in [0.4, 0.5) is 4.39 Å². The predicted molar refractivity (Wildman–Crippen MR) is 157 cm³/mol. The number of hydrogen-bond acceptors (Lipinski definition) is 7. The van der Waals surface area contributed by atoms with Crippen LogP contribution in [0.15, 0.2) is 48.7 Å². The van der Waals surface area contributed by atoms with Crippen LogP contribution in [0.2, 0.25) is 5.02 Å². The number of halogens is 2. The second-order valence-corrected chi connectivity index (χ2v) is 11.5. The topological polar surface area (TPSA) is 129 Å². The number of nitrogens with one attached hydrogen (secondary N) is 1. The summed E-state index contributed by atoms with van der Waals surface area (Å²) in [5, 5.41) is 6.71. The highest BCUT2D eigenvalue weighted by Gasteiger charge is 2.26. The van der Waals surface area contributed by atoms with Crippen molar-refractivity contribution < 1.29 is 23.5 Å². The lowest BCUT2D eigenvalue weighted by Gasteiger charge is -2.21. The maximum atomic E-state index is 13.2. The molecule has 0 unspecified atom stereocenters. The molecule has 0 radical (unpaired) electrons. The van der Waals surface area contributed by atoms with E-state index in [1.807, 2.05) is 39.8 Å². The summed E-state index contributed by atoms with van der Waals surface area (Å²) in [7, 11) is 0. The molecular formula is C31H33ClFN5O4. The SMILES string of the molecule is CC(=O)c1cc(C(=O)NCc2ccc(F)c(Cl)c2)n2nccc2n1.Cc1c(C(=O)OC(C)(C)C)ccc2c1CC[C@@H]2N. The van der Waals surface area contributed by atoms with E-state index in [-0.39, 0.29) is 40.7 Å². The van der Waals surface area contributed by atoms with Gasteiger partial charge in [-0.3, -0.25) is 9.59 Å². The van der Waals surface area contributed by atoms with Gasteiger partial charge in [0.05, 0.1) is 16.8 Å². The lowest BCUT2D eigenvalue weighted by molar-refractivity contribution is 0.00683. The van der Waals surface area contributed by atoms with E-state index in [0.717, 1.165) is 18.4 Å². The van der Waals surface area contributed by atoms with Crippen LogP contribution < -0.4 is 11.1 Å². The Morgan fingerprint density at radius 2 is 1.90 bits per heavy atom. The number of carbonyl (C=O) groups excluding carboxylic acids is 3. The summed E-state index contributed by atoms with van der Waals surface area (Å²) < 4.78 is 19.9. The quantitative estimate of drug-likeness (QED) is 0.229. The molecule has 3 N–H and O–H groups in total. The van der Waals surface area contributed by atoms with Gasteiger partial charge < -0.3 is 15.8 Å². The van der Waals surface area contributed by atoms with E-state index < -0.39 is 17.3 Å². The number of amides is 1. The zero-order valence-electron chi connectivity index (χ0n) is 24.1. The van der Waals surface area contributed by atoms with Gasteiger partial charge in [-0.15, -0.1) is 0 Å². The van der Waals surface area contributed by atoms with Gasteiger partial charge in [0.1, 0.15) is 22.8 Å². The Labute approximate surface area is 248 Å². The van der Waals surface area contributed by atoms with Gasteiger partial charge in [0.25, 0.3) is 5.91 Å². The van der Waals surface area contributed by atoms with E-state index in [1.54, 1.807) is 6.07 Å². The number of nitrogens with two attached hydrogens (primary N) is 1. The highest BCUT2D eigenvalue weighted by Crippen LogP contribution is 2.33. The molecule has 42 heavy (non-hydrogen) atoms. The molecule has 4 aromatic rings. The molecule has 0 saturated carbocycles. The second kappa shape index (κ2) is 12.4. The second-order valence-electron chi connectivity index (χ2n) is 11.1. The van der Waals surface area contributed by atoms with Crippen LogP contribution in [-0.4, -0.2) is 37.9 Å². The van der Waals surface area contributed by atoms with Crippen LogP contribution in [0.25, 0.3) is 5.65 Å². The first-order chi connectivity index (χ1) is 19.7. The number of ketones is 1. The minimum absolute atomic E-state index is 0.0148. The van der Waals surface area contributed by atoms with Crippen LogP contribution in [0, 0.1) is 12.7 Å². The van der Waals surface area contributed by atoms with Gasteiger partial charge in [-0.05, 0) is 87.1 Å². The van der Waals surface area contributed by atoms with Crippen molar-refractivity contribution in [3.05, 3.63) is 98.7 Å². The largest absolute Gasteiger partial charge is 0.456 e. The smallest absolute Gasteiger partial charge is 0.338 e. The molecule has 11 heteroatoms. The Morgan fingerprint density at radius 1 is 1.17 bits per heavy atom. The lowest BCUT2D eigenvalue weighted by Crippen LogP contribution is -2.26. The van der Waals surface area contributed by atoms with Gasteiger partial charge in [-0.25, -0.2) is 18.7 Å². The van der Waals surface area contributed by atoms with Crippen molar-refractivity contribution in [3.8, 4) is 0 Å². The van der Waals surface area contributed by atoms with Crippen molar-refractivity contribution in [2.75, 3.05) is 0 Å². The van der Waals surface area contributed by atoms with Crippen LogP contribution in [-0.2, 0) is 17.7 Å². The highest BCUT2D eigenvalue weighted by atomic mass is 35.5. The van der Waals surface area contributed by atoms with Crippen LogP contribution >= 0.6 is 11.6 Å². The average molecular weight is 594 g/mol. The molecule has 1 atom stereocenters. The van der Waals surface area contributed by atoms with Crippen molar-refractivity contribution >= 4 is 34.9 Å². The van der Waals surface area contributed by atoms with E-state index in [9.17, 15) is 18.8 Å². The van der Waals surface area contributed by atoms with E-state index >= 15 is 0 Å². The Kier molecular flexibility index (Phi) is 9.08. The summed E-state index contributed by atoms with van der Waals surface area (Å²) in [5.41, 5.74) is 11.1. The number of benzene rings is 2. The molecule has 2 aromatic heterocycles. The predicted octanol–water partition coefficient (Wildman–Crippen LogP) is 5.55. The van der Waals surface area contributed by atoms with Gasteiger partial charge in [-0.1, -0.05) is 23.7 Å². The third-order valence-corrected chi connectivity index (χ3v) is 7.04. The van der Waals surface area contributed by atoms with Crippen molar-refractivity contribution in [2.45, 2.75) is 65.6 Å². The number of rotatable bonds is 5. The zero-order chi connectivity index (χ0) is 30.8.